The van der Waals surface area contributed by atoms with Crippen molar-refractivity contribution in [1.82, 2.24) is 14.9 Å². The molecule has 2 aliphatic rings. The van der Waals surface area contributed by atoms with Crippen LogP contribution in [-0.2, 0) is 0 Å². The molecule has 24 heavy (non-hydrogen) atoms. The summed E-state index contributed by atoms with van der Waals surface area (Å²) >= 11 is 1.48. The van der Waals surface area contributed by atoms with Crippen LogP contribution in [0.15, 0.2) is 9.80 Å². The Morgan fingerprint density at radius 2 is 2.08 bits per heavy atom. The van der Waals surface area contributed by atoms with E-state index in [0.717, 1.165) is 17.8 Å². The average Bonchev–Trinajstić information content (AvgIpc) is 3.22. The number of amides is 1. The Morgan fingerprint density at radius 3 is 2.67 bits per heavy atom. The van der Waals surface area contributed by atoms with E-state index in [1.165, 1.54) is 11.3 Å². The molecule has 2 aromatic rings. The first-order chi connectivity index (χ1) is 11.7. The second-order valence-electron chi connectivity index (χ2n) is 6.12. The fourth-order valence-corrected chi connectivity index (χ4v) is 3.44. The van der Waals surface area contributed by atoms with E-state index in [2.05, 4.69) is 16.0 Å². The number of carbonyl (C=O) groups excluding carboxylic acids is 1. The number of oxazole rings is 1. The number of nitriles is 1. The number of aromatic nitrogens is 2. The minimum absolute atomic E-state index is 0.0317. The van der Waals surface area contributed by atoms with Crippen molar-refractivity contribution in [2.45, 2.75) is 25.7 Å². The van der Waals surface area contributed by atoms with Crippen LogP contribution in [0.4, 0.5) is 5.88 Å². The topological polar surface area (TPSA) is 86.3 Å². The third kappa shape index (κ3) is 2.76. The van der Waals surface area contributed by atoms with Gasteiger partial charge in [-0.15, -0.1) is 11.3 Å². The number of carbonyl (C=O) groups is 1. The van der Waals surface area contributed by atoms with Gasteiger partial charge in [-0.1, -0.05) is 0 Å². The van der Waals surface area contributed by atoms with Crippen LogP contribution in [-0.4, -0.2) is 47.0 Å². The molecular weight excluding hydrogens is 326 g/mol. The Hall–Kier alpha value is -2.40. The van der Waals surface area contributed by atoms with E-state index in [4.69, 9.17) is 4.42 Å². The van der Waals surface area contributed by atoms with Gasteiger partial charge in [0, 0.05) is 37.5 Å². The van der Waals surface area contributed by atoms with Gasteiger partial charge in [-0.25, -0.2) is 9.97 Å². The highest BCUT2D eigenvalue weighted by Gasteiger charge is 2.33. The molecule has 1 aliphatic carbocycles. The Balaban J connectivity index is 1.44. The van der Waals surface area contributed by atoms with Crippen LogP contribution >= 0.6 is 11.3 Å². The van der Waals surface area contributed by atoms with Crippen molar-refractivity contribution in [2.75, 3.05) is 31.1 Å². The number of thiazole rings is 1. The van der Waals surface area contributed by atoms with Crippen molar-refractivity contribution < 1.29 is 9.21 Å². The highest BCUT2D eigenvalue weighted by Crippen LogP contribution is 2.41. The molecule has 0 atom stereocenters. The summed E-state index contributed by atoms with van der Waals surface area (Å²) in [6.07, 6.45) is 2.17. The van der Waals surface area contributed by atoms with E-state index >= 15 is 0 Å². The van der Waals surface area contributed by atoms with Gasteiger partial charge in [0.15, 0.2) is 0 Å². The molecule has 0 unspecified atom stereocenters. The number of hydrogen-bond donors (Lipinski definition) is 0. The van der Waals surface area contributed by atoms with Gasteiger partial charge in [0.2, 0.25) is 17.5 Å². The Morgan fingerprint density at radius 1 is 1.33 bits per heavy atom. The van der Waals surface area contributed by atoms with Crippen molar-refractivity contribution in [3.05, 3.63) is 27.7 Å². The van der Waals surface area contributed by atoms with E-state index in [9.17, 15) is 10.1 Å². The lowest BCUT2D eigenvalue weighted by Gasteiger charge is -2.34. The van der Waals surface area contributed by atoms with Gasteiger partial charge in [-0.05, 0) is 19.8 Å². The van der Waals surface area contributed by atoms with Crippen LogP contribution in [0, 0.1) is 18.3 Å². The molecule has 1 saturated heterocycles. The maximum absolute atomic E-state index is 12.4. The highest BCUT2D eigenvalue weighted by atomic mass is 32.1. The molecule has 0 bridgehead atoms. The third-order valence-electron chi connectivity index (χ3n) is 4.35. The molecule has 0 spiro atoms. The third-order valence-corrected chi connectivity index (χ3v) is 5.12. The Kier molecular flexibility index (Phi) is 3.73. The summed E-state index contributed by atoms with van der Waals surface area (Å²) in [4.78, 5) is 24.8. The SMILES string of the molecule is Cc1nc(C(=O)N2CCN(c3oc(C4CC4)nc3C#N)CC2)cs1. The van der Waals surface area contributed by atoms with Gasteiger partial charge in [-0.3, -0.25) is 4.79 Å². The monoisotopic (exact) mass is 343 g/mol. The maximum Gasteiger partial charge on any atom is 0.273 e. The zero-order chi connectivity index (χ0) is 16.7. The van der Waals surface area contributed by atoms with Crippen LogP contribution in [0.2, 0.25) is 0 Å². The molecule has 7 nitrogen and oxygen atoms in total. The number of nitrogens with zero attached hydrogens (tertiary/aromatic N) is 5. The molecule has 2 aromatic heterocycles. The number of aryl methyl sites for hydroxylation is 1. The van der Waals surface area contributed by atoms with Gasteiger partial charge in [0.05, 0.1) is 5.01 Å². The van der Waals surface area contributed by atoms with Crippen LogP contribution in [0.3, 0.4) is 0 Å². The van der Waals surface area contributed by atoms with Crippen LogP contribution in [0.1, 0.15) is 45.8 Å². The average molecular weight is 343 g/mol. The van der Waals surface area contributed by atoms with Gasteiger partial charge < -0.3 is 14.2 Å². The normalized spacial score (nSPS) is 17.8. The first kappa shape index (κ1) is 15.1. The van der Waals surface area contributed by atoms with E-state index in [0.29, 0.717) is 55.3 Å². The second-order valence-corrected chi connectivity index (χ2v) is 7.19. The summed E-state index contributed by atoms with van der Waals surface area (Å²) in [5, 5.41) is 12.0. The summed E-state index contributed by atoms with van der Waals surface area (Å²) in [5.41, 5.74) is 0.867. The van der Waals surface area contributed by atoms with Gasteiger partial charge >= 0.3 is 0 Å². The van der Waals surface area contributed by atoms with Gasteiger partial charge in [-0.2, -0.15) is 5.26 Å². The van der Waals surface area contributed by atoms with Gasteiger partial charge in [0.1, 0.15) is 11.8 Å². The van der Waals surface area contributed by atoms with E-state index < -0.39 is 0 Å². The molecule has 1 amide bonds. The van der Waals surface area contributed by atoms with E-state index in [1.807, 2.05) is 11.8 Å². The molecular formula is C16H17N5O2S. The van der Waals surface area contributed by atoms with Crippen molar-refractivity contribution in [3.63, 3.8) is 0 Å². The summed E-state index contributed by atoms with van der Waals surface area (Å²) in [7, 11) is 0. The summed E-state index contributed by atoms with van der Waals surface area (Å²) in [6.45, 7) is 4.31. The standard InChI is InChI=1S/C16H17N5O2S/c1-10-18-13(9-24-10)15(22)20-4-6-21(7-5-20)16-12(8-17)19-14(23-16)11-2-3-11/h9,11H,2-7H2,1H3. The van der Waals surface area contributed by atoms with Crippen molar-refractivity contribution in [3.8, 4) is 6.07 Å². The maximum atomic E-state index is 12.4. The van der Waals surface area contributed by atoms with Gasteiger partial charge in [0.25, 0.3) is 5.91 Å². The zero-order valence-corrected chi connectivity index (χ0v) is 14.2. The predicted octanol–water partition coefficient (Wildman–Crippen LogP) is 2.15. The van der Waals surface area contributed by atoms with Crippen LogP contribution in [0.25, 0.3) is 0 Å². The number of hydrogen-bond acceptors (Lipinski definition) is 7. The molecule has 0 N–H and O–H groups in total. The Bertz CT molecular complexity index is 809. The lowest BCUT2D eigenvalue weighted by Crippen LogP contribution is -2.49. The van der Waals surface area contributed by atoms with E-state index in [-0.39, 0.29) is 5.91 Å². The number of anilines is 1. The number of piperazine rings is 1. The summed E-state index contributed by atoms with van der Waals surface area (Å²) < 4.78 is 5.83. The molecule has 2 fully saturated rings. The van der Waals surface area contributed by atoms with Crippen molar-refractivity contribution in [1.29, 1.82) is 5.26 Å². The fourth-order valence-electron chi connectivity index (χ4n) is 2.86. The first-order valence-electron chi connectivity index (χ1n) is 8.03. The number of rotatable bonds is 3. The molecule has 1 saturated carbocycles. The van der Waals surface area contributed by atoms with Crippen molar-refractivity contribution in [2.24, 2.45) is 0 Å². The van der Waals surface area contributed by atoms with Crippen LogP contribution in [0.5, 0.6) is 0 Å². The molecule has 3 heterocycles. The first-order valence-corrected chi connectivity index (χ1v) is 8.91. The molecule has 0 radical (unpaired) electrons. The van der Waals surface area contributed by atoms with Crippen LogP contribution < -0.4 is 4.90 Å². The summed E-state index contributed by atoms with van der Waals surface area (Å²) in [5.74, 6) is 1.58. The minimum atomic E-state index is -0.0317. The Labute approximate surface area is 143 Å². The predicted molar refractivity (Wildman–Crippen MR) is 88.2 cm³/mol. The largest absolute Gasteiger partial charge is 0.423 e. The van der Waals surface area contributed by atoms with Crippen molar-refractivity contribution >= 4 is 23.1 Å². The quantitative estimate of drug-likeness (QED) is 0.849. The second kappa shape index (κ2) is 5.91. The molecule has 1 aliphatic heterocycles. The molecule has 0 aromatic carbocycles. The minimum Gasteiger partial charge on any atom is -0.423 e. The molecule has 124 valence electrons. The lowest BCUT2D eigenvalue weighted by atomic mass is 10.3. The highest BCUT2D eigenvalue weighted by molar-refractivity contribution is 7.09. The lowest BCUT2D eigenvalue weighted by molar-refractivity contribution is 0.0740. The van der Waals surface area contributed by atoms with E-state index in [1.54, 1.807) is 10.3 Å². The zero-order valence-electron chi connectivity index (χ0n) is 13.4. The summed E-state index contributed by atoms with van der Waals surface area (Å²) in [6, 6.07) is 2.12. The fraction of sp³-hybridized carbons (Fsp3) is 0.500. The molecule has 8 heteroatoms. The molecule has 4 rings (SSSR count). The smallest absolute Gasteiger partial charge is 0.273 e.